The van der Waals surface area contributed by atoms with Crippen LogP contribution in [0.25, 0.3) is 0 Å². The van der Waals surface area contributed by atoms with Gasteiger partial charge in [0, 0.05) is 18.3 Å². The molecule has 1 aromatic carbocycles. The van der Waals surface area contributed by atoms with Crippen molar-refractivity contribution in [2.24, 2.45) is 5.92 Å². The second-order valence-electron chi connectivity index (χ2n) is 6.11. The van der Waals surface area contributed by atoms with E-state index in [-0.39, 0.29) is 11.9 Å². The SMILES string of the molecule is O=C(N[C@H]1CCC[C@H]1C(=O)O)c1ccc(OCc2ccccc2)nc1. The van der Waals surface area contributed by atoms with Gasteiger partial charge in [-0.25, -0.2) is 4.98 Å². The number of carbonyl (C=O) groups is 2. The summed E-state index contributed by atoms with van der Waals surface area (Å²) in [5, 5.41) is 12.0. The van der Waals surface area contributed by atoms with Crippen molar-refractivity contribution in [3.05, 3.63) is 59.8 Å². The molecule has 1 fully saturated rings. The van der Waals surface area contributed by atoms with Crippen LogP contribution in [0.5, 0.6) is 5.88 Å². The van der Waals surface area contributed by atoms with Crippen molar-refractivity contribution in [3.63, 3.8) is 0 Å². The lowest BCUT2D eigenvalue weighted by atomic mass is 10.0. The molecule has 1 heterocycles. The number of rotatable bonds is 6. The van der Waals surface area contributed by atoms with Crippen molar-refractivity contribution in [2.45, 2.75) is 31.9 Å². The third kappa shape index (κ3) is 4.35. The minimum atomic E-state index is -0.856. The Morgan fingerprint density at radius 1 is 1.16 bits per heavy atom. The number of amides is 1. The molecule has 2 aromatic rings. The predicted molar refractivity (Wildman–Crippen MR) is 91.2 cm³/mol. The highest BCUT2D eigenvalue weighted by molar-refractivity contribution is 5.94. The standard InChI is InChI=1S/C19H20N2O4/c22-18(21-16-8-4-7-15(16)19(23)24)14-9-10-17(20-11-14)25-12-13-5-2-1-3-6-13/h1-3,5-6,9-11,15-16H,4,7-8,12H2,(H,21,22)(H,23,24)/t15-,16+/m1/s1. The highest BCUT2D eigenvalue weighted by atomic mass is 16.5. The molecule has 1 amide bonds. The Labute approximate surface area is 145 Å². The second kappa shape index (κ2) is 7.79. The van der Waals surface area contributed by atoms with E-state index < -0.39 is 11.9 Å². The quantitative estimate of drug-likeness (QED) is 0.844. The molecule has 0 aliphatic heterocycles. The fraction of sp³-hybridized carbons (Fsp3) is 0.316. The van der Waals surface area contributed by atoms with Gasteiger partial charge >= 0.3 is 5.97 Å². The molecule has 25 heavy (non-hydrogen) atoms. The lowest BCUT2D eigenvalue weighted by Gasteiger charge is -2.17. The van der Waals surface area contributed by atoms with Crippen LogP contribution in [0.3, 0.4) is 0 Å². The van der Waals surface area contributed by atoms with Gasteiger partial charge in [0.05, 0.1) is 11.5 Å². The summed E-state index contributed by atoms with van der Waals surface area (Å²) in [5.74, 6) is -1.24. The van der Waals surface area contributed by atoms with E-state index in [1.165, 1.54) is 6.20 Å². The Morgan fingerprint density at radius 2 is 1.96 bits per heavy atom. The zero-order valence-corrected chi connectivity index (χ0v) is 13.7. The van der Waals surface area contributed by atoms with Crippen molar-refractivity contribution in [3.8, 4) is 5.88 Å². The number of hydrogen-bond donors (Lipinski definition) is 2. The van der Waals surface area contributed by atoms with E-state index in [1.807, 2.05) is 30.3 Å². The molecule has 2 N–H and O–H groups in total. The summed E-state index contributed by atoms with van der Waals surface area (Å²) in [6.07, 6.45) is 3.55. The molecule has 2 atom stereocenters. The summed E-state index contributed by atoms with van der Waals surface area (Å²) >= 11 is 0. The zero-order valence-electron chi connectivity index (χ0n) is 13.7. The number of pyridine rings is 1. The molecule has 3 rings (SSSR count). The van der Waals surface area contributed by atoms with Crippen LogP contribution < -0.4 is 10.1 Å². The molecular weight excluding hydrogens is 320 g/mol. The molecule has 0 unspecified atom stereocenters. The molecule has 0 radical (unpaired) electrons. The first-order valence-electron chi connectivity index (χ1n) is 8.30. The first-order chi connectivity index (χ1) is 12.1. The van der Waals surface area contributed by atoms with E-state index in [0.29, 0.717) is 30.9 Å². The number of hydrogen-bond acceptors (Lipinski definition) is 4. The molecule has 1 saturated carbocycles. The van der Waals surface area contributed by atoms with Gasteiger partial charge in [0.15, 0.2) is 0 Å². The van der Waals surface area contributed by atoms with Crippen molar-refractivity contribution in [1.29, 1.82) is 0 Å². The molecule has 6 nitrogen and oxygen atoms in total. The second-order valence-corrected chi connectivity index (χ2v) is 6.11. The van der Waals surface area contributed by atoms with Gasteiger partial charge in [-0.15, -0.1) is 0 Å². The third-order valence-corrected chi connectivity index (χ3v) is 4.38. The summed E-state index contributed by atoms with van der Waals surface area (Å²) in [6.45, 7) is 0.405. The van der Waals surface area contributed by atoms with Crippen LogP contribution in [0.1, 0.15) is 35.2 Å². The summed E-state index contributed by atoms with van der Waals surface area (Å²) in [5.41, 5.74) is 1.43. The van der Waals surface area contributed by atoms with Crippen LogP contribution in [0.2, 0.25) is 0 Å². The Morgan fingerprint density at radius 3 is 2.64 bits per heavy atom. The fourth-order valence-corrected chi connectivity index (χ4v) is 3.01. The zero-order chi connectivity index (χ0) is 17.6. The molecule has 1 aromatic heterocycles. The van der Waals surface area contributed by atoms with Gasteiger partial charge in [-0.2, -0.15) is 0 Å². The summed E-state index contributed by atoms with van der Waals surface area (Å²) < 4.78 is 5.59. The van der Waals surface area contributed by atoms with Crippen LogP contribution in [-0.4, -0.2) is 28.0 Å². The van der Waals surface area contributed by atoms with E-state index in [2.05, 4.69) is 10.3 Å². The largest absolute Gasteiger partial charge is 0.481 e. The molecule has 0 saturated heterocycles. The van der Waals surface area contributed by atoms with Gasteiger partial charge in [-0.05, 0) is 24.5 Å². The van der Waals surface area contributed by atoms with Crippen LogP contribution in [-0.2, 0) is 11.4 Å². The molecule has 130 valence electrons. The highest BCUT2D eigenvalue weighted by Gasteiger charge is 2.34. The Hall–Kier alpha value is -2.89. The first kappa shape index (κ1) is 17.0. The van der Waals surface area contributed by atoms with E-state index in [1.54, 1.807) is 12.1 Å². The molecule has 6 heteroatoms. The highest BCUT2D eigenvalue weighted by Crippen LogP contribution is 2.26. The van der Waals surface area contributed by atoms with Gasteiger partial charge in [-0.1, -0.05) is 36.8 Å². The van der Waals surface area contributed by atoms with Crippen molar-refractivity contribution >= 4 is 11.9 Å². The minimum Gasteiger partial charge on any atom is -0.481 e. The number of benzene rings is 1. The number of aliphatic carboxylic acids is 1. The van der Waals surface area contributed by atoms with Gasteiger partial charge in [0.2, 0.25) is 5.88 Å². The average molecular weight is 340 g/mol. The minimum absolute atomic E-state index is 0.305. The Kier molecular flexibility index (Phi) is 5.28. The smallest absolute Gasteiger partial charge is 0.308 e. The van der Waals surface area contributed by atoms with Crippen molar-refractivity contribution in [1.82, 2.24) is 10.3 Å². The Balaban J connectivity index is 1.56. The number of aromatic nitrogens is 1. The maximum Gasteiger partial charge on any atom is 0.308 e. The molecule has 0 bridgehead atoms. The lowest BCUT2D eigenvalue weighted by Crippen LogP contribution is -2.40. The molecule has 1 aliphatic carbocycles. The predicted octanol–water partition coefficient (Wildman–Crippen LogP) is 2.64. The topological polar surface area (TPSA) is 88.5 Å². The fourth-order valence-electron chi connectivity index (χ4n) is 3.01. The van der Waals surface area contributed by atoms with Crippen LogP contribution in [0.15, 0.2) is 48.7 Å². The van der Waals surface area contributed by atoms with Crippen molar-refractivity contribution < 1.29 is 19.4 Å². The van der Waals surface area contributed by atoms with Gasteiger partial charge in [0.1, 0.15) is 6.61 Å². The maximum atomic E-state index is 12.3. The number of carbonyl (C=O) groups excluding carboxylic acids is 1. The van der Waals surface area contributed by atoms with Gasteiger partial charge < -0.3 is 15.2 Å². The summed E-state index contributed by atoms with van der Waals surface area (Å²) in [4.78, 5) is 27.6. The first-order valence-corrected chi connectivity index (χ1v) is 8.30. The number of carboxylic acids is 1. The number of ether oxygens (including phenoxy) is 1. The van der Waals surface area contributed by atoms with E-state index in [9.17, 15) is 14.7 Å². The van der Waals surface area contributed by atoms with Gasteiger partial charge in [-0.3, -0.25) is 9.59 Å². The average Bonchev–Trinajstić information content (AvgIpc) is 3.09. The molecule has 1 aliphatic rings. The molecular formula is C19H20N2O4. The maximum absolute atomic E-state index is 12.3. The number of nitrogens with zero attached hydrogens (tertiary/aromatic N) is 1. The van der Waals surface area contributed by atoms with Crippen LogP contribution >= 0.6 is 0 Å². The van der Waals surface area contributed by atoms with E-state index in [0.717, 1.165) is 12.0 Å². The van der Waals surface area contributed by atoms with Crippen molar-refractivity contribution in [2.75, 3.05) is 0 Å². The van der Waals surface area contributed by atoms with Gasteiger partial charge in [0.25, 0.3) is 5.91 Å². The third-order valence-electron chi connectivity index (χ3n) is 4.38. The van der Waals surface area contributed by atoms with E-state index in [4.69, 9.17) is 4.74 Å². The normalized spacial score (nSPS) is 19.4. The lowest BCUT2D eigenvalue weighted by molar-refractivity contribution is -0.142. The van der Waals surface area contributed by atoms with E-state index >= 15 is 0 Å². The monoisotopic (exact) mass is 340 g/mol. The Bertz CT molecular complexity index is 731. The number of carboxylic acid groups (broad SMARTS) is 1. The summed E-state index contributed by atoms with van der Waals surface area (Å²) in [6, 6.07) is 12.7. The van der Waals surface area contributed by atoms with Crippen LogP contribution in [0, 0.1) is 5.92 Å². The summed E-state index contributed by atoms with van der Waals surface area (Å²) in [7, 11) is 0. The number of nitrogens with one attached hydrogen (secondary N) is 1. The van der Waals surface area contributed by atoms with Crippen LogP contribution in [0.4, 0.5) is 0 Å². The molecule has 0 spiro atoms.